The first-order chi connectivity index (χ1) is 23.1. The van der Waals surface area contributed by atoms with Crippen LogP contribution in [0.1, 0.15) is 122 Å². The number of amides is 3. The van der Waals surface area contributed by atoms with Gasteiger partial charge in [-0.15, -0.1) is 0 Å². The normalized spacial score (nSPS) is 22.2. The fourth-order valence-corrected chi connectivity index (χ4v) is 7.60. The summed E-state index contributed by atoms with van der Waals surface area (Å²) in [7, 11) is 1.63. The van der Waals surface area contributed by atoms with Gasteiger partial charge in [0.05, 0.1) is 25.4 Å². The van der Waals surface area contributed by atoms with Crippen molar-refractivity contribution in [1.82, 2.24) is 15.5 Å². The van der Waals surface area contributed by atoms with Gasteiger partial charge in [0, 0.05) is 31.2 Å². The molecule has 0 bridgehead atoms. The van der Waals surface area contributed by atoms with Crippen molar-refractivity contribution in [3.05, 3.63) is 28.8 Å². The summed E-state index contributed by atoms with van der Waals surface area (Å²) in [6.07, 6.45) is 7.17. The first-order valence-electron chi connectivity index (χ1n) is 18.0. The summed E-state index contributed by atoms with van der Waals surface area (Å²) in [6.45, 7) is 13.2. The lowest BCUT2D eigenvalue weighted by Crippen LogP contribution is -2.59. The quantitative estimate of drug-likeness (QED) is 0.276. The highest BCUT2D eigenvalue weighted by atomic mass is 16.7. The van der Waals surface area contributed by atoms with Crippen LogP contribution in [0.15, 0.2) is 17.3 Å². The maximum atomic E-state index is 14.6. The van der Waals surface area contributed by atoms with Gasteiger partial charge in [-0.2, -0.15) is 0 Å². The zero-order chi connectivity index (χ0) is 36.1. The first-order valence-corrected chi connectivity index (χ1v) is 18.0. The number of hydrogen-bond donors (Lipinski definition) is 2. The molecule has 0 unspecified atom stereocenters. The lowest BCUT2D eigenvalue weighted by molar-refractivity contribution is -0.145. The van der Waals surface area contributed by atoms with Crippen LogP contribution in [-0.2, 0) is 28.8 Å². The summed E-state index contributed by atoms with van der Waals surface area (Å²) in [6, 6.07) is 1.06. The number of rotatable bonds is 13. The van der Waals surface area contributed by atoms with Gasteiger partial charge in [0.2, 0.25) is 23.5 Å². The number of carbonyl (C=O) groups is 5. The Morgan fingerprint density at radius 3 is 2.27 bits per heavy atom. The summed E-state index contributed by atoms with van der Waals surface area (Å²) < 4.78 is 5.54. The molecule has 11 heteroatoms. The molecule has 4 atom stereocenters. The molecule has 4 rings (SSSR count). The Morgan fingerprint density at radius 1 is 1.04 bits per heavy atom. The zero-order valence-electron chi connectivity index (χ0n) is 30.7. The third-order valence-corrected chi connectivity index (χ3v) is 10.2. The number of nitrogens with zero attached hydrogens (tertiary/aromatic N) is 2. The van der Waals surface area contributed by atoms with E-state index in [1.165, 1.54) is 11.3 Å². The Labute approximate surface area is 291 Å². The predicted molar refractivity (Wildman–Crippen MR) is 187 cm³/mol. The number of nitrogens with one attached hydrogen (secondary N) is 2. The van der Waals surface area contributed by atoms with Gasteiger partial charge < -0.3 is 25.1 Å². The van der Waals surface area contributed by atoms with E-state index in [0.717, 1.165) is 48.1 Å². The fourth-order valence-electron chi connectivity index (χ4n) is 7.60. The number of hydrogen-bond acceptors (Lipinski definition) is 8. The molecule has 1 aromatic rings. The minimum absolute atomic E-state index is 0.0398. The Morgan fingerprint density at radius 2 is 1.69 bits per heavy atom. The molecule has 49 heavy (non-hydrogen) atoms. The maximum absolute atomic E-state index is 14.6. The summed E-state index contributed by atoms with van der Waals surface area (Å²) in [5, 5.41) is 10.3. The second-order valence-corrected chi connectivity index (χ2v) is 15.4. The van der Waals surface area contributed by atoms with Crippen molar-refractivity contribution in [2.45, 2.75) is 143 Å². The van der Waals surface area contributed by atoms with E-state index in [-0.39, 0.29) is 25.3 Å². The van der Waals surface area contributed by atoms with Crippen LogP contribution in [0, 0.1) is 25.2 Å². The van der Waals surface area contributed by atoms with Crippen LogP contribution in [0.5, 0.6) is 5.75 Å². The molecule has 11 nitrogen and oxygen atoms in total. The zero-order valence-corrected chi connectivity index (χ0v) is 30.7. The molecule has 3 aliphatic rings. The van der Waals surface area contributed by atoms with Gasteiger partial charge in [-0.3, -0.25) is 24.0 Å². The number of ether oxygens (including phenoxy) is 1. The number of ketones is 2. The van der Waals surface area contributed by atoms with E-state index >= 15 is 0 Å². The molecule has 1 saturated heterocycles. The molecular formula is C38H56N4O7. The Bertz CT molecular complexity index is 1440. The fraction of sp³-hybridized carbons (Fsp3) is 0.684. The van der Waals surface area contributed by atoms with E-state index in [4.69, 9.17) is 9.57 Å². The molecule has 1 saturated carbocycles. The second-order valence-electron chi connectivity index (χ2n) is 15.4. The largest absolute Gasteiger partial charge is 0.496 e. The molecule has 2 aliphatic heterocycles. The highest BCUT2D eigenvalue weighted by molar-refractivity contribution is 6.39. The van der Waals surface area contributed by atoms with Crippen molar-refractivity contribution in [3.8, 4) is 5.75 Å². The van der Waals surface area contributed by atoms with E-state index in [1.54, 1.807) is 14.0 Å². The summed E-state index contributed by atoms with van der Waals surface area (Å²) >= 11 is 0. The average molecular weight is 681 g/mol. The Balaban J connectivity index is 1.63. The van der Waals surface area contributed by atoms with Crippen LogP contribution in [0.3, 0.4) is 0 Å². The third-order valence-electron chi connectivity index (χ3n) is 10.2. The molecule has 1 spiro atoms. The number of benzene rings is 1. The van der Waals surface area contributed by atoms with Crippen LogP contribution in [-0.4, -0.2) is 77.3 Å². The van der Waals surface area contributed by atoms with E-state index in [9.17, 15) is 24.0 Å². The van der Waals surface area contributed by atoms with Gasteiger partial charge in [-0.05, 0) is 67.7 Å². The van der Waals surface area contributed by atoms with Crippen LogP contribution in [0.2, 0.25) is 0 Å². The van der Waals surface area contributed by atoms with Crippen molar-refractivity contribution in [3.63, 3.8) is 0 Å². The molecule has 1 aromatic carbocycles. The lowest BCUT2D eigenvalue weighted by atomic mass is 9.84. The van der Waals surface area contributed by atoms with Crippen molar-refractivity contribution in [2.24, 2.45) is 16.5 Å². The molecule has 3 amide bonds. The third kappa shape index (κ3) is 8.89. The SMILES string of the molecule is CCC[C@H](NC(=O)[C@@H]1C[C@]2(CC(c3cc(C)c(OC)c(C)c3)=NO2)CN1C(=O)[C@@H](NC(=O)CC1CCCCC1)C(C)(C)C)C(=O)C(=O)CC. The molecule has 0 aromatic heterocycles. The van der Waals surface area contributed by atoms with Gasteiger partial charge >= 0.3 is 0 Å². The molecular weight excluding hydrogens is 624 g/mol. The van der Waals surface area contributed by atoms with Gasteiger partial charge in [0.25, 0.3) is 0 Å². The predicted octanol–water partition coefficient (Wildman–Crippen LogP) is 5.11. The Hall–Kier alpha value is -3.76. The van der Waals surface area contributed by atoms with Gasteiger partial charge in [-0.1, -0.05) is 65.5 Å². The highest BCUT2D eigenvalue weighted by Gasteiger charge is 2.55. The van der Waals surface area contributed by atoms with Gasteiger partial charge in [0.1, 0.15) is 17.8 Å². The second kappa shape index (κ2) is 15.9. The standard InChI is InChI=1S/C38H56N4O7/c1-9-14-27(32(45)30(43)10-2)39-35(46)29-21-38(20-28(41-49-38)26-17-23(3)33(48-8)24(4)18-26)22-42(29)36(47)34(37(5,6)7)40-31(44)19-25-15-12-11-13-16-25/h17-18,25,27,29,34H,9-16,19-22H2,1-8H3,(H,39,46)(H,40,44)/t27-,29-,34+,38+/m0/s1. The topological polar surface area (TPSA) is 143 Å². The van der Waals surface area contributed by atoms with Crippen molar-refractivity contribution < 1.29 is 33.5 Å². The van der Waals surface area contributed by atoms with E-state index in [1.807, 2.05) is 53.7 Å². The molecule has 0 radical (unpaired) electrons. The molecule has 2 N–H and O–H groups in total. The molecule has 270 valence electrons. The number of carbonyl (C=O) groups excluding carboxylic acids is 5. The smallest absolute Gasteiger partial charge is 0.246 e. The summed E-state index contributed by atoms with van der Waals surface area (Å²) in [4.78, 5) is 75.0. The van der Waals surface area contributed by atoms with Crippen molar-refractivity contribution >= 4 is 35.0 Å². The minimum atomic E-state index is -1.01. The van der Waals surface area contributed by atoms with Crippen molar-refractivity contribution in [1.29, 1.82) is 0 Å². The maximum Gasteiger partial charge on any atom is 0.246 e. The Kier molecular flexibility index (Phi) is 12.3. The van der Waals surface area contributed by atoms with Crippen LogP contribution in [0.25, 0.3) is 0 Å². The molecule has 2 fully saturated rings. The van der Waals surface area contributed by atoms with E-state index in [0.29, 0.717) is 37.3 Å². The van der Waals surface area contributed by atoms with E-state index < -0.39 is 52.5 Å². The number of aryl methyl sites for hydroxylation is 2. The number of Topliss-reactive ketones (excluding diaryl/α,β-unsaturated/α-hetero) is 2. The van der Waals surface area contributed by atoms with Crippen molar-refractivity contribution in [2.75, 3.05) is 13.7 Å². The lowest BCUT2D eigenvalue weighted by Gasteiger charge is -2.36. The monoisotopic (exact) mass is 680 g/mol. The van der Waals surface area contributed by atoms with Gasteiger partial charge in [0.15, 0.2) is 11.4 Å². The molecule has 1 aliphatic carbocycles. The average Bonchev–Trinajstić information content (AvgIpc) is 3.65. The first kappa shape index (κ1) is 38.0. The number of methoxy groups -OCH3 is 1. The van der Waals surface area contributed by atoms with E-state index in [2.05, 4.69) is 15.8 Å². The molecule has 2 heterocycles. The van der Waals surface area contributed by atoms with Gasteiger partial charge in [-0.25, -0.2) is 0 Å². The number of likely N-dealkylation sites (tertiary alicyclic amines) is 1. The van der Waals surface area contributed by atoms with Crippen LogP contribution < -0.4 is 15.4 Å². The summed E-state index contributed by atoms with van der Waals surface area (Å²) in [5.74, 6) is -1.19. The number of oxime groups is 1. The van der Waals surface area contributed by atoms with Crippen LogP contribution in [0.4, 0.5) is 0 Å². The highest BCUT2D eigenvalue weighted by Crippen LogP contribution is 2.41. The summed E-state index contributed by atoms with van der Waals surface area (Å²) in [5.41, 5.74) is 1.81. The minimum Gasteiger partial charge on any atom is -0.496 e. The van der Waals surface area contributed by atoms with Crippen LogP contribution >= 0.6 is 0 Å².